The first-order valence-electron chi connectivity index (χ1n) is 22.1. The van der Waals surface area contributed by atoms with Crippen LogP contribution in [0.2, 0.25) is 0 Å². The maximum Gasteiger partial charge on any atom is 0.165 e. The molecule has 8 aromatic carbocycles. The molecule has 0 fully saturated rings. The summed E-state index contributed by atoms with van der Waals surface area (Å²) in [7, 11) is 0. The van der Waals surface area contributed by atoms with Gasteiger partial charge in [0.25, 0.3) is 0 Å². The van der Waals surface area contributed by atoms with Crippen molar-refractivity contribution in [3.8, 4) is 56.8 Å². The van der Waals surface area contributed by atoms with E-state index >= 15 is 0 Å². The monoisotopic (exact) mass is 861 g/mol. The van der Waals surface area contributed by atoms with E-state index in [1.807, 2.05) is 30.5 Å². The second kappa shape index (κ2) is 14.3. The van der Waals surface area contributed by atoms with E-state index in [0.29, 0.717) is 5.82 Å². The minimum absolute atomic E-state index is 0.650. The lowest BCUT2D eigenvalue weighted by atomic mass is 9.67. The molecule has 11 aromatic rings. The number of para-hydroxylation sites is 3. The number of benzene rings is 8. The number of nitrogens with zero attached hydrogens (tertiary/aromatic N) is 5. The molecule has 66 heavy (non-hydrogen) atoms. The van der Waals surface area contributed by atoms with Crippen LogP contribution in [0.4, 0.5) is 17.1 Å². The van der Waals surface area contributed by atoms with Crippen molar-refractivity contribution in [2.75, 3.05) is 4.90 Å². The standard InChI is InChI=1S/C59H35N5OS/c1-2-16-37(17-3-1)53-42-21-8-10-24-47(42)62-58(63-53)41-20-7-6-19-40(41)48-32-30-45-55(61-48)54-44(23-14-34-60-54)59(45)43-22-9-13-27-52(43)66-57-46(59)31-33-50-56(57)65-51-26-12-11-25-49(51)64(50)39-29-28-36-15-4-5-18-38(36)35-39/h1-35H. The van der Waals surface area contributed by atoms with Gasteiger partial charge in [0, 0.05) is 38.9 Å². The summed E-state index contributed by atoms with van der Waals surface area (Å²) in [5.74, 6) is 2.29. The molecule has 2 aliphatic heterocycles. The SMILES string of the molecule is c1ccc(-c2nc(-c3ccccc3-c3ccc4c(n3)-c3ncccc3C43c4ccccc4Sc4c3ccc3c4Oc4ccccc4N3c3ccc4ccccc4c3)nc3ccccc23)cc1. The first kappa shape index (κ1) is 37.0. The Morgan fingerprint density at radius 1 is 0.485 bits per heavy atom. The Kier molecular flexibility index (Phi) is 8.03. The van der Waals surface area contributed by atoms with Crippen molar-refractivity contribution in [2.45, 2.75) is 15.2 Å². The highest BCUT2D eigenvalue weighted by molar-refractivity contribution is 7.99. The van der Waals surface area contributed by atoms with Gasteiger partial charge in [0.2, 0.25) is 0 Å². The normalized spacial score (nSPS) is 15.1. The Morgan fingerprint density at radius 2 is 1.23 bits per heavy atom. The van der Waals surface area contributed by atoms with Crippen molar-refractivity contribution in [1.29, 1.82) is 0 Å². The topological polar surface area (TPSA) is 64.0 Å². The second-order valence-electron chi connectivity index (χ2n) is 16.9. The lowest BCUT2D eigenvalue weighted by Crippen LogP contribution is -2.32. The maximum atomic E-state index is 7.10. The lowest BCUT2D eigenvalue weighted by Gasteiger charge is -2.41. The Labute approximate surface area is 384 Å². The highest BCUT2D eigenvalue weighted by atomic mass is 32.2. The zero-order chi connectivity index (χ0) is 43.3. The van der Waals surface area contributed by atoms with Gasteiger partial charge in [-0.1, -0.05) is 163 Å². The van der Waals surface area contributed by atoms with Crippen LogP contribution < -0.4 is 9.64 Å². The van der Waals surface area contributed by atoms with E-state index in [9.17, 15) is 0 Å². The van der Waals surface area contributed by atoms with Crippen molar-refractivity contribution in [3.63, 3.8) is 0 Å². The molecule has 0 amide bonds. The Bertz CT molecular complexity index is 3820. The van der Waals surface area contributed by atoms with Crippen LogP contribution in [-0.2, 0) is 5.41 Å². The van der Waals surface area contributed by atoms with E-state index in [-0.39, 0.29) is 0 Å². The maximum absolute atomic E-state index is 7.10. The Balaban J connectivity index is 0.972. The third kappa shape index (κ3) is 5.32. The summed E-state index contributed by atoms with van der Waals surface area (Å²) in [4.78, 5) is 25.8. The van der Waals surface area contributed by atoms with Gasteiger partial charge in [-0.15, -0.1) is 0 Å². The fourth-order valence-electron chi connectivity index (χ4n) is 10.5. The summed E-state index contributed by atoms with van der Waals surface area (Å²) >= 11 is 1.78. The van der Waals surface area contributed by atoms with E-state index in [0.717, 1.165) is 105 Å². The second-order valence-corrected chi connectivity index (χ2v) is 17.9. The van der Waals surface area contributed by atoms with Gasteiger partial charge < -0.3 is 9.64 Å². The van der Waals surface area contributed by atoms with Crippen molar-refractivity contribution < 1.29 is 4.74 Å². The summed E-state index contributed by atoms with van der Waals surface area (Å²) in [6.07, 6.45) is 1.89. The van der Waals surface area contributed by atoms with Crippen LogP contribution in [0.15, 0.2) is 222 Å². The predicted octanol–water partition coefficient (Wildman–Crippen LogP) is 15.0. The smallest absolute Gasteiger partial charge is 0.165 e. The summed E-state index contributed by atoms with van der Waals surface area (Å²) in [5.41, 5.74) is 14.1. The average molecular weight is 862 g/mol. The van der Waals surface area contributed by atoms with E-state index in [1.165, 1.54) is 16.3 Å². The summed E-state index contributed by atoms with van der Waals surface area (Å²) in [5, 5.41) is 3.40. The molecular weight excluding hydrogens is 827 g/mol. The summed E-state index contributed by atoms with van der Waals surface area (Å²) in [6.45, 7) is 0. The Hall–Kier alpha value is -8.39. The molecule has 1 atom stereocenters. The molecule has 3 aliphatic rings. The van der Waals surface area contributed by atoms with E-state index in [4.69, 9.17) is 24.7 Å². The van der Waals surface area contributed by atoms with E-state index in [2.05, 4.69) is 187 Å². The number of rotatable bonds is 4. The first-order valence-corrected chi connectivity index (χ1v) is 22.9. The van der Waals surface area contributed by atoms with Gasteiger partial charge in [0.15, 0.2) is 17.3 Å². The van der Waals surface area contributed by atoms with Gasteiger partial charge in [-0.25, -0.2) is 15.0 Å². The van der Waals surface area contributed by atoms with Crippen LogP contribution in [0.25, 0.3) is 67.0 Å². The number of anilines is 3. The van der Waals surface area contributed by atoms with Gasteiger partial charge in [-0.05, 0) is 87.6 Å². The molecule has 308 valence electrons. The third-order valence-corrected chi connectivity index (χ3v) is 14.6. The van der Waals surface area contributed by atoms with E-state index < -0.39 is 5.41 Å². The van der Waals surface area contributed by atoms with Crippen molar-refractivity contribution in [1.82, 2.24) is 19.9 Å². The van der Waals surface area contributed by atoms with E-state index in [1.54, 1.807) is 11.8 Å². The summed E-state index contributed by atoms with van der Waals surface area (Å²) in [6, 6.07) is 72.6. The minimum atomic E-state index is -0.726. The van der Waals surface area contributed by atoms with Gasteiger partial charge in [-0.3, -0.25) is 4.98 Å². The number of ether oxygens (including phenoxy) is 1. The van der Waals surface area contributed by atoms with Crippen LogP contribution in [0.5, 0.6) is 11.5 Å². The quantitative estimate of drug-likeness (QED) is 0.175. The molecule has 5 heterocycles. The number of aromatic nitrogens is 4. The zero-order valence-electron chi connectivity index (χ0n) is 35.3. The van der Waals surface area contributed by atoms with Crippen molar-refractivity contribution >= 4 is 50.5 Å². The summed E-state index contributed by atoms with van der Waals surface area (Å²) < 4.78 is 7.10. The minimum Gasteiger partial charge on any atom is -0.452 e. The van der Waals surface area contributed by atoms with Crippen LogP contribution in [-0.4, -0.2) is 19.9 Å². The lowest BCUT2D eigenvalue weighted by molar-refractivity contribution is 0.461. The molecular formula is C59H35N5OS. The molecule has 0 N–H and O–H groups in total. The Morgan fingerprint density at radius 3 is 2.17 bits per heavy atom. The van der Waals surface area contributed by atoms with Crippen LogP contribution in [0.1, 0.15) is 22.3 Å². The number of pyridine rings is 2. The van der Waals surface area contributed by atoms with Gasteiger partial charge in [0.1, 0.15) is 0 Å². The molecule has 1 spiro atoms. The zero-order valence-corrected chi connectivity index (χ0v) is 36.1. The molecule has 1 aliphatic carbocycles. The van der Waals surface area contributed by atoms with Crippen LogP contribution in [0, 0.1) is 0 Å². The molecule has 14 rings (SSSR count). The number of fused-ring (bicyclic) bond motifs is 14. The van der Waals surface area contributed by atoms with Crippen LogP contribution >= 0.6 is 11.8 Å². The van der Waals surface area contributed by atoms with Gasteiger partial charge in [-0.2, -0.15) is 0 Å². The highest BCUT2D eigenvalue weighted by Gasteiger charge is 2.53. The molecule has 3 aromatic heterocycles. The largest absolute Gasteiger partial charge is 0.452 e. The number of hydrogen-bond donors (Lipinski definition) is 0. The van der Waals surface area contributed by atoms with Gasteiger partial charge in [0.05, 0.1) is 50.0 Å². The fourth-order valence-corrected chi connectivity index (χ4v) is 11.8. The molecule has 0 saturated heterocycles. The fraction of sp³-hybridized carbons (Fsp3) is 0.0169. The molecule has 1 unspecified atom stereocenters. The number of hydrogen-bond acceptors (Lipinski definition) is 7. The molecule has 6 nitrogen and oxygen atoms in total. The molecule has 0 bridgehead atoms. The molecule has 0 radical (unpaired) electrons. The van der Waals surface area contributed by atoms with Gasteiger partial charge >= 0.3 is 0 Å². The third-order valence-electron chi connectivity index (χ3n) is 13.4. The molecule has 0 saturated carbocycles. The predicted molar refractivity (Wildman–Crippen MR) is 265 cm³/mol. The molecule has 7 heteroatoms. The van der Waals surface area contributed by atoms with Crippen molar-refractivity contribution in [3.05, 3.63) is 235 Å². The average Bonchev–Trinajstić information content (AvgIpc) is 3.67. The first-order chi connectivity index (χ1) is 32.7. The highest BCUT2D eigenvalue weighted by Crippen LogP contribution is 2.65. The van der Waals surface area contributed by atoms with Crippen LogP contribution in [0.3, 0.4) is 0 Å². The van der Waals surface area contributed by atoms with Crippen molar-refractivity contribution in [2.24, 2.45) is 0 Å².